The fourth-order valence-electron chi connectivity index (χ4n) is 3.10. The molecule has 1 aromatic rings. The lowest BCUT2D eigenvalue weighted by Gasteiger charge is -2.33. The zero-order valence-electron chi connectivity index (χ0n) is 10.6. The number of nitrogens with zero attached hydrogens (tertiary/aromatic N) is 2. The van der Waals surface area contributed by atoms with Gasteiger partial charge in [0.25, 0.3) is 0 Å². The third-order valence-corrected chi connectivity index (χ3v) is 3.88. The number of aryl methyl sites for hydroxylation is 1. The van der Waals surface area contributed by atoms with Gasteiger partial charge in [-0.3, -0.25) is 4.90 Å². The normalized spacial score (nSPS) is 33.9. The van der Waals surface area contributed by atoms with Crippen LogP contribution < -0.4 is 0 Å². The molecule has 0 unspecified atom stereocenters. The molecule has 3 heterocycles. The highest BCUT2D eigenvalue weighted by molar-refractivity contribution is 5.04. The summed E-state index contributed by atoms with van der Waals surface area (Å²) in [5.74, 6) is 1.67. The molecule has 3 rings (SSSR count). The first-order valence-corrected chi connectivity index (χ1v) is 6.50. The van der Waals surface area contributed by atoms with Crippen molar-refractivity contribution in [3.05, 3.63) is 17.5 Å². The first-order chi connectivity index (χ1) is 8.20. The van der Waals surface area contributed by atoms with E-state index >= 15 is 0 Å². The average Bonchev–Trinajstić information content (AvgIpc) is 2.83. The molecule has 94 valence electrons. The van der Waals surface area contributed by atoms with Crippen LogP contribution in [0.4, 0.5) is 0 Å². The molecule has 0 aromatic carbocycles. The van der Waals surface area contributed by atoms with Gasteiger partial charge in [0.1, 0.15) is 5.76 Å². The summed E-state index contributed by atoms with van der Waals surface area (Å²) in [6.07, 6.45) is 3.37. The molecule has 2 saturated heterocycles. The molecule has 0 saturated carbocycles. The molecule has 0 amide bonds. The average molecular weight is 236 g/mol. The first kappa shape index (κ1) is 11.2. The van der Waals surface area contributed by atoms with Crippen molar-refractivity contribution in [1.82, 2.24) is 10.1 Å². The Morgan fingerprint density at radius 3 is 3.18 bits per heavy atom. The van der Waals surface area contributed by atoms with Crippen LogP contribution in [0.2, 0.25) is 0 Å². The molecule has 0 N–H and O–H groups in total. The second-order valence-electron chi connectivity index (χ2n) is 5.43. The second kappa shape index (κ2) is 4.42. The van der Waals surface area contributed by atoms with Gasteiger partial charge in [0.2, 0.25) is 0 Å². The van der Waals surface area contributed by atoms with E-state index in [4.69, 9.17) is 9.26 Å². The van der Waals surface area contributed by atoms with E-state index in [1.807, 2.05) is 13.0 Å². The third-order valence-electron chi connectivity index (χ3n) is 3.88. The lowest BCUT2D eigenvalue weighted by molar-refractivity contribution is -0.00325. The SMILES string of the molecule is Cc1cc(CN2CC[C@H]3C[C@@H](C)O[C@@H]3C2)no1. The van der Waals surface area contributed by atoms with Gasteiger partial charge >= 0.3 is 0 Å². The summed E-state index contributed by atoms with van der Waals surface area (Å²) in [7, 11) is 0. The highest BCUT2D eigenvalue weighted by Crippen LogP contribution is 2.33. The minimum atomic E-state index is 0.437. The molecule has 1 aromatic heterocycles. The van der Waals surface area contributed by atoms with E-state index in [9.17, 15) is 0 Å². The molecule has 3 atom stereocenters. The van der Waals surface area contributed by atoms with Crippen molar-refractivity contribution in [2.24, 2.45) is 5.92 Å². The van der Waals surface area contributed by atoms with Crippen LogP contribution in [0.5, 0.6) is 0 Å². The smallest absolute Gasteiger partial charge is 0.133 e. The number of ether oxygens (including phenoxy) is 1. The highest BCUT2D eigenvalue weighted by Gasteiger charge is 2.37. The number of hydrogen-bond acceptors (Lipinski definition) is 4. The summed E-state index contributed by atoms with van der Waals surface area (Å²) < 4.78 is 11.1. The molecule has 2 fully saturated rings. The van der Waals surface area contributed by atoms with E-state index < -0.39 is 0 Å². The summed E-state index contributed by atoms with van der Waals surface area (Å²) in [5.41, 5.74) is 1.03. The van der Waals surface area contributed by atoms with E-state index in [-0.39, 0.29) is 0 Å². The van der Waals surface area contributed by atoms with Crippen LogP contribution in [0.25, 0.3) is 0 Å². The molecule has 0 radical (unpaired) electrons. The Morgan fingerprint density at radius 2 is 2.41 bits per heavy atom. The van der Waals surface area contributed by atoms with Crippen LogP contribution in [0.3, 0.4) is 0 Å². The van der Waals surface area contributed by atoms with E-state index in [2.05, 4.69) is 17.0 Å². The summed E-state index contributed by atoms with van der Waals surface area (Å²) in [4.78, 5) is 2.43. The maximum atomic E-state index is 5.95. The molecule has 0 spiro atoms. The molecule has 2 aliphatic rings. The van der Waals surface area contributed by atoms with Crippen LogP contribution in [0.15, 0.2) is 10.6 Å². The molecule has 17 heavy (non-hydrogen) atoms. The van der Waals surface area contributed by atoms with Crippen molar-refractivity contribution >= 4 is 0 Å². The summed E-state index contributed by atoms with van der Waals surface area (Å²) in [6, 6.07) is 2.02. The van der Waals surface area contributed by atoms with Gasteiger partial charge in [-0.2, -0.15) is 0 Å². The molecule has 4 heteroatoms. The van der Waals surface area contributed by atoms with Crippen LogP contribution in [-0.4, -0.2) is 35.4 Å². The van der Waals surface area contributed by atoms with Crippen molar-refractivity contribution in [2.45, 2.75) is 45.4 Å². The van der Waals surface area contributed by atoms with Gasteiger partial charge in [-0.1, -0.05) is 5.16 Å². The number of hydrogen-bond donors (Lipinski definition) is 0. The fourth-order valence-corrected chi connectivity index (χ4v) is 3.10. The Balaban J connectivity index is 1.59. The Kier molecular flexibility index (Phi) is 2.92. The van der Waals surface area contributed by atoms with Gasteiger partial charge < -0.3 is 9.26 Å². The second-order valence-corrected chi connectivity index (χ2v) is 5.43. The van der Waals surface area contributed by atoms with Gasteiger partial charge in [-0.25, -0.2) is 0 Å². The standard InChI is InChI=1S/C13H20N2O2/c1-9-5-11-3-4-15(8-13(11)16-9)7-12-6-10(2)17-14-12/h6,9,11,13H,3-5,7-8H2,1-2H3/t9-,11+,13-/m1/s1. The van der Waals surface area contributed by atoms with Crippen LogP contribution in [-0.2, 0) is 11.3 Å². The first-order valence-electron chi connectivity index (χ1n) is 6.50. The highest BCUT2D eigenvalue weighted by atomic mass is 16.5. The number of likely N-dealkylation sites (tertiary alicyclic amines) is 1. The Labute approximate surface area is 102 Å². The van der Waals surface area contributed by atoms with Crippen molar-refractivity contribution in [3.8, 4) is 0 Å². The third kappa shape index (κ3) is 2.38. The van der Waals surface area contributed by atoms with Crippen molar-refractivity contribution < 1.29 is 9.26 Å². The van der Waals surface area contributed by atoms with E-state index in [0.29, 0.717) is 12.2 Å². The summed E-state index contributed by atoms with van der Waals surface area (Å²) in [5, 5.41) is 4.05. The fraction of sp³-hybridized carbons (Fsp3) is 0.769. The largest absolute Gasteiger partial charge is 0.374 e. The molecule has 4 nitrogen and oxygen atoms in total. The number of rotatable bonds is 2. The molecule has 0 aliphatic carbocycles. The van der Waals surface area contributed by atoms with Gasteiger partial charge in [0.15, 0.2) is 0 Å². The quantitative estimate of drug-likeness (QED) is 0.787. The lowest BCUT2D eigenvalue weighted by atomic mass is 9.92. The van der Waals surface area contributed by atoms with Gasteiger partial charge in [-0.05, 0) is 39.2 Å². The molecular formula is C13H20N2O2. The van der Waals surface area contributed by atoms with Crippen molar-refractivity contribution in [3.63, 3.8) is 0 Å². The molecule has 2 aliphatic heterocycles. The van der Waals surface area contributed by atoms with Gasteiger partial charge in [-0.15, -0.1) is 0 Å². The number of piperidine rings is 1. The van der Waals surface area contributed by atoms with E-state index in [0.717, 1.165) is 37.0 Å². The predicted octanol–water partition coefficient (Wildman–Crippen LogP) is 1.98. The van der Waals surface area contributed by atoms with Gasteiger partial charge in [0.05, 0.1) is 17.9 Å². The Bertz CT molecular complexity index is 391. The lowest BCUT2D eigenvalue weighted by Crippen LogP contribution is -2.41. The number of aromatic nitrogens is 1. The van der Waals surface area contributed by atoms with Crippen molar-refractivity contribution in [2.75, 3.05) is 13.1 Å². The zero-order valence-corrected chi connectivity index (χ0v) is 10.6. The molecule has 0 bridgehead atoms. The minimum Gasteiger partial charge on any atom is -0.374 e. The maximum Gasteiger partial charge on any atom is 0.133 e. The topological polar surface area (TPSA) is 38.5 Å². The minimum absolute atomic E-state index is 0.437. The zero-order chi connectivity index (χ0) is 11.8. The Morgan fingerprint density at radius 1 is 1.53 bits per heavy atom. The Hall–Kier alpha value is -0.870. The van der Waals surface area contributed by atoms with Gasteiger partial charge in [0, 0.05) is 19.2 Å². The predicted molar refractivity (Wildman–Crippen MR) is 63.6 cm³/mol. The van der Waals surface area contributed by atoms with Crippen LogP contribution in [0, 0.1) is 12.8 Å². The summed E-state index contributed by atoms with van der Waals surface area (Å²) >= 11 is 0. The number of fused-ring (bicyclic) bond motifs is 1. The monoisotopic (exact) mass is 236 g/mol. The summed E-state index contributed by atoms with van der Waals surface area (Å²) in [6.45, 7) is 7.20. The maximum absolute atomic E-state index is 5.95. The van der Waals surface area contributed by atoms with Crippen LogP contribution in [0.1, 0.15) is 31.2 Å². The van der Waals surface area contributed by atoms with E-state index in [1.54, 1.807) is 0 Å². The van der Waals surface area contributed by atoms with Crippen LogP contribution >= 0.6 is 0 Å². The van der Waals surface area contributed by atoms with Crippen molar-refractivity contribution in [1.29, 1.82) is 0 Å². The van der Waals surface area contributed by atoms with E-state index in [1.165, 1.54) is 12.8 Å². The molecular weight excluding hydrogens is 216 g/mol.